The summed E-state index contributed by atoms with van der Waals surface area (Å²) >= 11 is 0. The highest BCUT2D eigenvalue weighted by Gasteiger charge is 2.30. The molecule has 0 saturated carbocycles. The SMILES string of the molecule is CCc1nnc(-c2cccc(NC(=O)[C@H](CC(C)C)NCC(F)(F)F)c2)o1. The smallest absolute Gasteiger partial charge is 0.401 e. The van der Waals surface area contributed by atoms with Crippen LogP contribution in [-0.4, -0.2) is 34.9 Å². The van der Waals surface area contributed by atoms with Gasteiger partial charge in [0.05, 0.1) is 12.6 Å². The predicted octanol–water partition coefficient (Wildman–Crippen LogP) is 3.80. The summed E-state index contributed by atoms with van der Waals surface area (Å²) in [5, 5.41) is 12.8. The largest absolute Gasteiger partial charge is 0.421 e. The summed E-state index contributed by atoms with van der Waals surface area (Å²) in [4.78, 5) is 12.5. The maximum Gasteiger partial charge on any atom is 0.401 e. The van der Waals surface area contributed by atoms with E-state index < -0.39 is 24.7 Å². The van der Waals surface area contributed by atoms with E-state index in [0.29, 0.717) is 29.5 Å². The number of halogens is 3. The number of aromatic nitrogens is 2. The van der Waals surface area contributed by atoms with E-state index in [9.17, 15) is 18.0 Å². The molecule has 148 valence electrons. The van der Waals surface area contributed by atoms with Crippen LogP contribution in [0.25, 0.3) is 11.5 Å². The molecule has 0 unspecified atom stereocenters. The summed E-state index contributed by atoms with van der Waals surface area (Å²) in [6.07, 6.45) is -3.50. The van der Waals surface area contributed by atoms with Gasteiger partial charge in [-0.25, -0.2) is 0 Å². The van der Waals surface area contributed by atoms with Crippen LogP contribution in [-0.2, 0) is 11.2 Å². The standard InChI is InChI=1S/C18H23F3N4O2/c1-4-15-24-25-17(27-15)12-6-5-7-13(9-12)23-16(26)14(8-11(2)3)22-10-18(19,20)21/h5-7,9,11,14,22H,4,8,10H2,1-3H3,(H,23,26)/t14-/m0/s1. The zero-order valence-corrected chi connectivity index (χ0v) is 15.4. The number of carbonyl (C=O) groups is 1. The van der Waals surface area contributed by atoms with Gasteiger partial charge in [-0.15, -0.1) is 10.2 Å². The van der Waals surface area contributed by atoms with Gasteiger partial charge in [0.2, 0.25) is 17.7 Å². The lowest BCUT2D eigenvalue weighted by Gasteiger charge is -2.21. The summed E-state index contributed by atoms with van der Waals surface area (Å²) in [5.74, 6) is 0.341. The molecule has 2 rings (SSSR count). The first-order valence-electron chi connectivity index (χ1n) is 8.71. The highest BCUT2D eigenvalue weighted by molar-refractivity contribution is 5.95. The Bertz CT molecular complexity index is 759. The Kier molecular flexibility index (Phi) is 6.95. The van der Waals surface area contributed by atoms with Gasteiger partial charge in [-0.2, -0.15) is 13.2 Å². The van der Waals surface area contributed by atoms with Crippen molar-refractivity contribution in [2.45, 2.75) is 45.8 Å². The molecule has 1 heterocycles. The van der Waals surface area contributed by atoms with Crippen molar-refractivity contribution < 1.29 is 22.4 Å². The minimum absolute atomic E-state index is 0.0543. The molecule has 0 bridgehead atoms. The Labute approximate surface area is 155 Å². The van der Waals surface area contributed by atoms with Gasteiger partial charge in [0, 0.05) is 17.7 Å². The Balaban J connectivity index is 2.10. The predicted molar refractivity (Wildman–Crippen MR) is 95.0 cm³/mol. The third kappa shape index (κ3) is 6.67. The van der Waals surface area contributed by atoms with Crippen LogP contribution >= 0.6 is 0 Å². The molecule has 1 aromatic heterocycles. The lowest BCUT2D eigenvalue weighted by Crippen LogP contribution is -2.45. The molecule has 2 N–H and O–H groups in total. The van der Waals surface area contributed by atoms with E-state index in [0.717, 1.165) is 0 Å². The zero-order chi connectivity index (χ0) is 20.0. The number of aryl methyl sites for hydroxylation is 1. The van der Waals surface area contributed by atoms with Crippen molar-refractivity contribution in [2.24, 2.45) is 5.92 Å². The lowest BCUT2D eigenvalue weighted by molar-refractivity contribution is -0.130. The minimum Gasteiger partial charge on any atom is -0.421 e. The second-order valence-corrected chi connectivity index (χ2v) is 6.60. The quantitative estimate of drug-likeness (QED) is 0.724. The van der Waals surface area contributed by atoms with Crippen LogP contribution in [0.3, 0.4) is 0 Å². The summed E-state index contributed by atoms with van der Waals surface area (Å²) in [6, 6.07) is 5.78. The summed E-state index contributed by atoms with van der Waals surface area (Å²) in [5.41, 5.74) is 1.06. The topological polar surface area (TPSA) is 80.0 Å². The van der Waals surface area contributed by atoms with Crippen molar-refractivity contribution in [3.63, 3.8) is 0 Å². The number of rotatable bonds is 8. The summed E-state index contributed by atoms with van der Waals surface area (Å²) < 4.78 is 43.0. The van der Waals surface area contributed by atoms with Crippen LogP contribution < -0.4 is 10.6 Å². The van der Waals surface area contributed by atoms with E-state index in [4.69, 9.17) is 4.42 Å². The number of nitrogens with zero attached hydrogens (tertiary/aromatic N) is 2. The zero-order valence-electron chi connectivity index (χ0n) is 15.4. The van der Waals surface area contributed by atoms with Crippen LogP contribution in [0.1, 0.15) is 33.1 Å². The first-order valence-corrected chi connectivity index (χ1v) is 8.71. The maximum absolute atomic E-state index is 12.5. The lowest BCUT2D eigenvalue weighted by atomic mass is 10.0. The molecule has 0 saturated heterocycles. The average Bonchev–Trinajstić information content (AvgIpc) is 3.07. The number of amides is 1. The normalized spacial score (nSPS) is 13.0. The van der Waals surface area contributed by atoms with Gasteiger partial charge in [-0.1, -0.05) is 26.8 Å². The van der Waals surface area contributed by atoms with Crippen LogP contribution in [0, 0.1) is 5.92 Å². The van der Waals surface area contributed by atoms with E-state index in [1.54, 1.807) is 24.3 Å². The van der Waals surface area contributed by atoms with Gasteiger partial charge in [0.1, 0.15) is 0 Å². The first-order chi connectivity index (χ1) is 12.7. The van der Waals surface area contributed by atoms with Gasteiger partial charge in [-0.3, -0.25) is 10.1 Å². The molecule has 0 radical (unpaired) electrons. The molecule has 1 amide bonds. The Morgan fingerprint density at radius 3 is 2.59 bits per heavy atom. The van der Waals surface area contributed by atoms with E-state index >= 15 is 0 Å². The molecule has 0 fully saturated rings. The fourth-order valence-electron chi connectivity index (χ4n) is 2.47. The van der Waals surface area contributed by atoms with Crippen molar-refractivity contribution in [1.82, 2.24) is 15.5 Å². The van der Waals surface area contributed by atoms with Crippen molar-refractivity contribution in [3.8, 4) is 11.5 Å². The number of nitrogens with one attached hydrogen (secondary N) is 2. The highest BCUT2D eigenvalue weighted by Crippen LogP contribution is 2.22. The summed E-state index contributed by atoms with van der Waals surface area (Å²) in [7, 11) is 0. The van der Waals surface area contributed by atoms with Gasteiger partial charge in [-0.05, 0) is 30.5 Å². The molecule has 0 aliphatic heterocycles. The van der Waals surface area contributed by atoms with Crippen LogP contribution in [0.15, 0.2) is 28.7 Å². The van der Waals surface area contributed by atoms with Crippen molar-refractivity contribution in [1.29, 1.82) is 0 Å². The summed E-state index contributed by atoms with van der Waals surface area (Å²) in [6.45, 7) is 4.35. The molecule has 6 nitrogen and oxygen atoms in total. The van der Waals surface area contributed by atoms with Crippen molar-refractivity contribution in [3.05, 3.63) is 30.2 Å². The Morgan fingerprint density at radius 1 is 1.26 bits per heavy atom. The molecular weight excluding hydrogens is 361 g/mol. The Hall–Kier alpha value is -2.42. The van der Waals surface area contributed by atoms with Crippen LogP contribution in [0.5, 0.6) is 0 Å². The van der Waals surface area contributed by atoms with E-state index in [1.165, 1.54) is 0 Å². The second kappa shape index (κ2) is 8.98. The van der Waals surface area contributed by atoms with Gasteiger partial charge < -0.3 is 9.73 Å². The maximum atomic E-state index is 12.5. The molecule has 1 aromatic carbocycles. The number of hydrogen-bond acceptors (Lipinski definition) is 5. The third-order valence-electron chi connectivity index (χ3n) is 3.72. The second-order valence-electron chi connectivity index (χ2n) is 6.60. The minimum atomic E-state index is -4.38. The average molecular weight is 384 g/mol. The molecule has 9 heteroatoms. The number of alkyl halides is 3. The molecule has 0 aliphatic carbocycles. The van der Waals surface area contributed by atoms with Crippen molar-refractivity contribution in [2.75, 3.05) is 11.9 Å². The highest BCUT2D eigenvalue weighted by atomic mass is 19.4. The van der Waals surface area contributed by atoms with E-state index in [1.807, 2.05) is 20.8 Å². The number of carbonyl (C=O) groups excluding carboxylic acids is 1. The molecule has 27 heavy (non-hydrogen) atoms. The molecular formula is C18H23F3N4O2. The van der Waals surface area contributed by atoms with Gasteiger partial charge in [0.25, 0.3) is 0 Å². The van der Waals surface area contributed by atoms with E-state index in [-0.39, 0.29) is 12.3 Å². The number of benzene rings is 1. The molecule has 2 aromatic rings. The third-order valence-corrected chi connectivity index (χ3v) is 3.72. The van der Waals surface area contributed by atoms with Crippen LogP contribution in [0.2, 0.25) is 0 Å². The molecule has 0 spiro atoms. The number of hydrogen-bond donors (Lipinski definition) is 2. The fourth-order valence-corrected chi connectivity index (χ4v) is 2.47. The molecule has 0 aliphatic rings. The van der Waals surface area contributed by atoms with Gasteiger partial charge >= 0.3 is 6.18 Å². The number of anilines is 1. The Morgan fingerprint density at radius 2 is 2.00 bits per heavy atom. The fraction of sp³-hybridized carbons (Fsp3) is 0.500. The molecule has 1 atom stereocenters. The van der Waals surface area contributed by atoms with E-state index in [2.05, 4.69) is 20.8 Å². The first kappa shape index (κ1) is 20.9. The van der Waals surface area contributed by atoms with Crippen molar-refractivity contribution >= 4 is 11.6 Å². The van der Waals surface area contributed by atoms with Gasteiger partial charge in [0.15, 0.2) is 0 Å². The monoisotopic (exact) mass is 384 g/mol. The van der Waals surface area contributed by atoms with Crippen LogP contribution in [0.4, 0.5) is 18.9 Å².